The van der Waals surface area contributed by atoms with Crippen molar-refractivity contribution in [2.75, 3.05) is 0 Å². The van der Waals surface area contributed by atoms with E-state index in [-0.39, 0.29) is 35.5 Å². The molecule has 0 unspecified atom stereocenters. The van der Waals surface area contributed by atoms with Crippen LogP contribution in [0.2, 0.25) is 0 Å². The Labute approximate surface area is 220 Å². The van der Waals surface area contributed by atoms with Crippen molar-refractivity contribution >= 4 is 47.1 Å². The van der Waals surface area contributed by atoms with Crippen molar-refractivity contribution in [1.82, 2.24) is 0 Å². The molecule has 0 aliphatic carbocycles. The van der Waals surface area contributed by atoms with Crippen LogP contribution >= 0.6 is 24.0 Å². The number of carbonyl (C=O) groups excluding carboxylic acids is 4. The third-order valence-electron chi connectivity index (χ3n) is 5.90. The van der Waals surface area contributed by atoms with Crippen molar-refractivity contribution in [2.24, 2.45) is 0 Å². The average Bonchev–Trinajstić information content (AvgIpc) is 2.76. The predicted octanol–water partition coefficient (Wildman–Crippen LogP) is 8.28. The minimum atomic E-state index is -0.364. The van der Waals surface area contributed by atoms with Gasteiger partial charge in [-0.15, -0.1) is 24.0 Å². The number of ketones is 4. The summed E-state index contributed by atoms with van der Waals surface area (Å²) in [4.78, 5) is 45.9. The summed E-state index contributed by atoms with van der Waals surface area (Å²) >= 11 is 0. The molecule has 0 radical (unpaired) electrons. The van der Waals surface area contributed by atoms with Gasteiger partial charge in [-0.05, 0) is 38.5 Å². The molecule has 0 aromatic carbocycles. The Morgan fingerprint density at radius 2 is 1.00 bits per heavy atom. The summed E-state index contributed by atoms with van der Waals surface area (Å²) in [5, 5.41) is 0. The average molecular weight is 577 g/mol. The van der Waals surface area contributed by atoms with Gasteiger partial charge in [0.25, 0.3) is 0 Å². The van der Waals surface area contributed by atoms with E-state index in [1.165, 1.54) is 51.9 Å². The van der Waals surface area contributed by atoms with Crippen LogP contribution in [0.1, 0.15) is 142 Å². The number of halogens is 1. The summed E-state index contributed by atoms with van der Waals surface area (Å²) in [7, 11) is 0. The molecule has 5 heteroatoms. The van der Waals surface area contributed by atoms with Crippen molar-refractivity contribution in [3.05, 3.63) is 12.2 Å². The first-order valence-corrected chi connectivity index (χ1v) is 13.2. The minimum absolute atomic E-state index is 0. The van der Waals surface area contributed by atoms with Crippen LogP contribution in [0.4, 0.5) is 0 Å². The van der Waals surface area contributed by atoms with Crippen LogP contribution < -0.4 is 0 Å². The van der Waals surface area contributed by atoms with Crippen molar-refractivity contribution in [1.29, 1.82) is 0 Å². The molecule has 192 valence electrons. The first kappa shape index (κ1) is 34.3. The van der Waals surface area contributed by atoms with Gasteiger partial charge in [0.1, 0.15) is 11.6 Å². The number of rotatable bonds is 24. The highest BCUT2D eigenvalue weighted by Crippen LogP contribution is 2.11. The minimum Gasteiger partial charge on any atom is -0.300 e. The number of hydrogen-bond donors (Lipinski definition) is 0. The van der Waals surface area contributed by atoms with Gasteiger partial charge in [-0.2, -0.15) is 0 Å². The lowest BCUT2D eigenvalue weighted by Gasteiger charge is -2.02. The van der Waals surface area contributed by atoms with E-state index in [1.54, 1.807) is 0 Å². The van der Waals surface area contributed by atoms with E-state index < -0.39 is 0 Å². The van der Waals surface area contributed by atoms with Gasteiger partial charge in [0, 0.05) is 39.0 Å². The van der Waals surface area contributed by atoms with Crippen molar-refractivity contribution < 1.29 is 19.2 Å². The van der Waals surface area contributed by atoms with Crippen LogP contribution in [0.25, 0.3) is 0 Å². The second-order valence-corrected chi connectivity index (χ2v) is 9.12. The normalized spacial score (nSPS) is 10.8. The molecule has 0 atom stereocenters. The molecule has 0 amide bonds. The van der Waals surface area contributed by atoms with E-state index in [0.29, 0.717) is 43.7 Å². The van der Waals surface area contributed by atoms with Gasteiger partial charge >= 0.3 is 0 Å². The summed E-state index contributed by atoms with van der Waals surface area (Å²) in [5.74, 6) is -0.0592. The van der Waals surface area contributed by atoms with Crippen LogP contribution in [0.3, 0.4) is 0 Å². The van der Waals surface area contributed by atoms with Crippen LogP contribution in [0.5, 0.6) is 0 Å². The quantitative estimate of drug-likeness (QED) is 0.0502. The first-order valence-electron chi connectivity index (χ1n) is 13.2. The van der Waals surface area contributed by atoms with Crippen molar-refractivity contribution in [3.8, 4) is 0 Å². The Morgan fingerprint density at radius 3 is 1.58 bits per heavy atom. The third-order valence-corrected chi connectivity index (χ3v) is 5.90. The van der Waals surface area contributed by atoms with E-state index >= 15 is 0 Å². The molecule has 4 nitrogen and oxygen atoms in total. The lowest BCUT2D eigenvalue weighted by Crippen LogP contribution is -2.08. The third kappa shape index (κ3) is 25.6. The molecule has 0 saturated carbocycles. The van der Waals surface area contributed by atoms with Crippen LogP contribution in [-0.2, 0) is 19.2 Å². The number of carbonyl (C=O) groups is 4. The maximum Gasteiger partial charge on any atom is 0.198 e. The molecule has 0 aromatic heterocycles. The zero-order valence-corrected chi connectivity index (χ0v) is 23.7. The summed E-state index contributed by atoms with van der Waals surface area (Å²) < 4.78 is 0. The molecule has 0 saturated heterocycles. The van der Waals surface area contributed by atoms with Gasteiger partial charge in [0.05, 0.1) is 0 Å². The van der Waals surface area contributed by atoms with E-state index in [0.717, 1.165) is 51.4 Å². The van der Waals surface area contributed by atoms with E-state index in [9.17, 15) is 19.2 Å². The maximum absolute atomic E-state index is 11.9. The largest absolute Gasteiger partial charge is 0.300 e. The number of Topliss-reactive ketones (excluding diaryl/α,β-unsaturated/α-hetero) is 4. The van der Waals surface area contributed by atoms with Crippen LogP contribution in [-0.4, -0.2) is 23.1 Å². The number of allylic oxidation sites excluding steroid dienone is 2. The smallest absolute Gasteiger partial charge is 0.198 e. The Balaban J connectivity index is 0. The van der Waals surface area contributed by atoms with Gasteiger partial charge < -0.3 is 0 Å². The highest BCUT2D eigenvalue weighted by molar-refractivity contribution is 14.0. The highest BCUT2D eigenvalue weighted by atomic mass is 127. The fourth-order valence-corrected chi connectivity index (χ4v) is 3.74. The summed E-state index contributed by atoms with van der Waals surface area (Å²) in [6.07, 6.45) is 23.3. The molecular formula is C28H49IO4. The standard InChI is InChI=1S/C28H48O4.HI/c1-3-4-5-6-7-8-9-10-11-15-20-26(30)22-17-14-18-23-27(31)21-16-12-13-19-24-28(32)25(2)29;/h11,15H,3-10,12-14,16-24H2,1-2H3;1H. The fourth-order valence-electron chi connectivity index (χ4n) is 3.74. The Hall–Kier alpha value is -0.850. The zero-order chi connectivity index (χ0) is 23.9. The topological polar surface area (TPSA) is 68.3 Å². The van der Waals surface area contributed by atoms with Crippen molar-refractivity contribution in [2.45, 2.75) is 142 Å². The molecule has 0 heterocycles. The molecule has 0 aromatic rings. The molecule has 0 fully saturated rings. The molecule has 0 aliphatic heterocycles. The van der Waals surface area contributed by atoms with Gasteiger partial charge in [-0.25, -0.2) is 0 Å². The first-order chi connectivity index (χ1) is 15.5. The molecule has 0 bridgehead atoms. The lowest BCUT2D eigenvalue weighted by atomic mass is 10.0. The van der Waals surface area contributed by atoms with E-state index in [4.69, 9.17) is 0 Å². The fraction of sp³-hybridized carbons (Fsp3) is 0.786. The monoisotopic (exact) mass is 576 g/mol. The molecule has 0 N–H and O–H groups in total. The summed E-state index contributed by atoms with van der Waals surface area (Å²) in [6.45, 7) is 3.55. The predicted molar refractivity (Wildman–Crippen MR) is 148 cm³/mol. The van der Waals surface area contributed by atoms with Gasteiger partial charge in [0.15, 0.2) is 11.6 Å². The molecular weight excluding hydrogens is 527 g/mol. The molecule has 0 rings (SSSR count). The number of hydrogen-bond acceptors (Lipinski definition) is 4. The molecule has 0 spiro atoms. The lowest BCUT2D eigenvalue weighted by molar-refractivity contribution is -0.135. The van der Waals surface area contributed by atoms with Gasteiger partial charge in [-0.3, -0.25) is 19.2 Å². The van der Waals surface area contributed by atoms with Gasteiger partial charge in [0.2, 0.25) is 0 Å². The maximum atomic E-state index is 11.9. The zero-order valence-electron chi connectivity index (χ0n) is 21.3. The van der Waals surface area contributed by atoms with Crippen molar-refractivity contribution in [3.63, 3.8) is 0 Å². The molecule has 0 aliphatic rings. The SMILES string of the molecule is CCCCCCCCCC=CCC(=O)CCCCCC(=O)CCCCCCC(=O)C(C)=O.I. The van der Waals surface area contributed by atoms with Crippen LogP contribution in [0.15, 0.2) is 12.2 Å². The second kappa shape index (κ2) is 25.8. The Bertz CT molecular complexity index is 554. The number of unbranched alkanes of at least 4 members (excludes halogenated alkanes) is 12. The van der Waals surface area contributed by atoms with Gasteiger partial charge in [-0.1, -0.05) is 76.9 Å². The second-order valence-electron chi connectivity index (χ2n) is 9.12. The van der Waals surface area contributed by atoms with E-state index in [2.05, 4.69) is 13.0 Å². The summed E-state index contributed by atoms with van der Waals surface area (Å²) in [5.41, 5.74) is 0. The summed E-state index contributed by atoms with van der Waals surface area (Å²) in [6, 6.07) is 0. The molecule has 33 heavy (non-hydrogen) atoms. The highest BCUT2D eigenvalue weighted by Gasteiger charge is 2.07. The Morgan fingerprint density at radius 1 is 0.545 bits per heavy atom. The Kier molecular flexibility index (Phi) is 26.8. The van der Waals surface area contributed by atoms with E-state index in [1.807, 2.05) is 6.08 Å². The van der Waals surface area contributed by atoms with Crippen LogP contribution in [0, 0.1) is 0 Å².